The molecule has 0 saturated heterocycles. The fraction of sp³-hybridized carbons (Fsp3) is 0.407. The van der Waals surface area contributed by atoms with Gasteiger partial charge in [0.05, 0.1) is 13.7 Å². The predicted molar refractivity (Wildman–Crippen MR) is 131 cm³/mol. The lowest BCUT2D eigenvalue weighted by atomic mass is 9.93. The molecule has 3 aromatic rings. The molecule has 0 radical (unpaired) electrons. The van der Waals surface area contributed by atoms with E-state index in [0.717, 1.165) is 28.6 Å². The van der Waals surface area contributed by atoms with Gasteiger partial charge in [0, 0.05) is 24.0 Å². The summed E-state index contributed by atoms with van der Waals surface area (Å²) in [5.74, 6) is 1.06. The highest BCUT2D eigenvalue weighted by atomic mass is 16.5. The number of methoxy groups -OCH3 is 1. The standard InChI is InChI=1S/C27H33N3O3/c1-19(2)13-15-28-26(32)27(3)18-29-22-11-7-5-10-21(22)17-23(29)25(31)30(27)16-14-20-9-6-8-12-24(20)33-4/h5-12,17,19H,13-16,18H2,1-4H3,(H,28,32)/t27-/m0/s1. The Balaban J connectivity index is 1.68. The number of fused-ring (bicyclic) bond motifs is 3. The third kappa shape index (κ3) is 4.34. The number of ether oxygens (including phenoxy) is 1. The molecule has 0 fully saturated rings. The lowest BCUT2D eigenvalue weighted by Gasteiger charge is -2.44. The van der Waals surface area contributed by atoms with Crippen molar-refractivity contribution in [3.63, 3.8) is 0 Å². The molecule has 174 valence electrons. The van der Waals surface area contributed by atoms with E-state index in [1.54, 1.807) is 12.0 Å². The van der Waals surface area contributed by atoms with E-state index in [0.29, 0.717) is 37.7 Å². The molecule has 1 aromatic heterocycles. The van der Waals surface area contributed by atoms with Crippen LogP contribution in [0.25, 0.3) is 10.9 Å². The highest BCUT2D eigenvalue weighted by Gasteiger charge is 2.47. The zero-order valence-corrected chi connectivity index (χ0v) is 19.9. The summed E-state index contributed by atoms with van der Waals surface area (Å²) in [5, 5.41) is 4.10. The van der Waals surface area contributed by atoms with Crippen LogP contribution in [0, 0.1) is 5.92 Å². The number of para-hydroxylation sites is 2. The van der Waals surface area contributed by atoms with Crippen LogP contribution < -0.4 is 10.1 Å². The minimum Gasteiger partial charge on any atom is -0.496 e. The van der Waals surface area contributed by atoms with E-state index in [2.05, 4.69) is 19.2 Å². The largest absolute Gasteiger partial charge is 0.496 e. The number of nitrogens with one attached hydrogen (secondary N) is 1. The first-order chi connectivity index (χ1) is 15.8. The van der Waals surface area contributed by atoms with Gasteiger partial charge in [-0.1, -0.05) is 50.2 Å². The van der Waals surface area contributed by atoms with Crippen molar-refractivity contribution in [2.75, 3.05) is 20.2 Å². The van der Waals surface area contributed by atoms with E-state index >= 15 is 0 Å². The first-order valence-corrected chi connectivity index (χ1v) is 11.7. The predicted octanol–water partition coefficient (Wildman–Crippen LogP) is 4.27. The van der Waals surface area contributed by atoms with Gasteiger partial charge in [-0.15, -0.1) is 0 Å². The van der Waals surface area contributed by atoms with E-state index in [1.165, 1.54) is 0 Å². The first kappa shape index (κ1) is 22.9. The number of rotatable bonds is 8. The van der Waals surface area contributed by atoms with Crippen LogP contribution in [-0.4, -0.2) is 47.0 Å². The number of nitrogens with zero attached hydrogens (tertiary/aromatic N) is 2. The van der Waals surface area contributed by atoms with E-state index in [1.807, 2.05) is 66.1 Å². The Morgan fingerprint density at radius 3 is 2.64 bits per heavy atom. The molecule has 4 rings (SSSR count). The van der Waals surface area contributed by atoms with Gasteiger partial charge in [-0.2, -0.15) is 0 Å². The molecule has 0 spiro atoms. The second-order valence-electron chi connectivity index (χ2n) is 9.41. The normalized spacial score (nSPS) is 18.0. The van der Waals surface area contributed by atoms with Crippen molar-refractivity contribution in [1.29, 1.82) is 0 Å². The maximum atomic E-state index is 13.8. The number of amides is 2. The molecule has 1 aliphatic rings. The van der Waals surface area contributed by atoms with Crippen molar-refractivity contribution in [3.8, 4) is 5.75 Å². The van der Waals surface area contributed by atoms with Crippen molar-refractivity contribution in [1.82, 2.24) is 14.8 Å². The Labute approximate surface area is 195 Å². The smallest absolute Gasteiger partial charge is 0.271 e. The van der Waals surface area contributed by atoms with Gasteiger partial charge in [0.15, 0.2) is 0 Å². The summed E-state index contributed by atoms with van der Waals surface area (Å²) in [6.45, 7) is 7.59. The van der Waals surface area contributed by atoms with Crippen molar-refractivity contribution in [3.05, 3.63) is 65.9 Å². The van der Waals surface area contributed by atoms with Gasteiger partial charge in [-0.05, 0) is 49.4 Å². The number of benzene rings is 2. The number of aromatic nitrogens is 1. The van der Waals surface area contributed by atoms with Gasteiger partial charge in [-0.3, -0.25) is 9.59 Å². The molecule has 0 saturated carbocycles. The minimum atomic E-state index is -0.995. The van der Waals surface area contributed by atoms with E-state index in [4.69, 9.17) is 4.74 Å². The number of carbonyl (C=O) groups excluding carboxylic acids is 2. The van der Waals surface area contributed by atoms with E-state index < -0.39 is 5.54 Å². The monoisotopic (exact) mass is 447 g/mol. The fourth-order valence-corrected chi connectivity index (χ4v) is 4.66. The Morgan fingerprint density at radius 2 is 1.88 bits per heavy atom. The molecular formula is C27H33N3O3. The zero-order valence-electron chi connectivity index (χ0n) is 19.9. The molecule has 2 heterocycles. The summed E-state index contributed by atoms with van der Waals surface area (Å²) >= 11 is 0. The summed E-state index contributed by atoms with van der Waals surface area (Å²) in [6.07, 6.45) is 1.50. The average Bonchev–Trinajstić information content (AvgIpc) is 3.17. The number of hydrogen-bond acceptors (Lipinski definition) is 3. The van der Waals surface area contributed by atoms with Crippen LogP contribution in [0.4, 0.5) is 0 Å². The lowest BCUT2D eigenvalue weighted by Crippen LogP contribution is -2.64. The zero-order chi connectivity index (χ0) is 23.6. The summed E-state index contributed by atoms with van der Waals surface area (Å²) in [7, 11) is 1.65. The van der Waals surface area contributed by atoms with Gasteiger partial charge in [0.1, 0.15) is 17.0 Å². The molecule has 0 bridgehead atoms. The van der Waals surface area contributed by atoms with Gasteiger partial charge in [-0.25, -0.2) is 0 Å². The Bertz CT molecular complexity index is 1170. The fourth-order valence-electron chi connectivity index (χ4n) is 4.66. The van der Waals surface area contributed by atoms with Crippen LogP contribution in [0.2, 0.25) is 0 Å². The van der Waals surface area contributed by atoms with Gasteiger partial charge in [0.2, 0.25) is 5.91 Å². The van der Waals surface area contributed by atoms with Crippen LogP contribution in [0.5, 0.6) is 5.75 Å². The third-order valence-corrected chi connectivity index (χ3v) is 6.63. The van der Waals surface area contributed by atoms with Crippen LogP contribution in [0.3, 0.4) is 0 Å². The lowest BCUT2D eigenvalue weighted by molar-refractivity contribution is -0.132. The molecule has 2 amide bonds. The molecule has 1 atom stereocenters. The maximum absolute atomic E-state index is 13.8. The third-order valence-electron chi connectivity index (χ3n) is 6.63. The number of carbonyl (C=O) groups is 2. The summed E-state index contributed by atoms with van der Waals surface area (Å²) in [5.41, 5.74) is 1.63. The summed E-state index contributed by atoms with van der Waals surface area (Å²) < 4.78 is 7.50. The average molecular weight is 448 g/mol. The van der Waals surface area contributed by atoms with Crippen molar-refractivity contribution in [2.45, 2.75) is 45.7 Å². The topological polar surface area (TPSA) is 63.6 Å². The molecule has 2 aromatic carbocycles. The van der Waals surface area contributed by atoms with Gasteiger partial charge >= 0.3 is 0 Å². The van der Waals surface area contributed by atoms with Crippen LogP contribution in [0.15, 0.2) is 54.6 Å². The van der Waals surface area contributed by atoms with Crippen LogP contribution in [0.1, 0.15) is 43.2 Å². The highest BCUT2D eigenvalue weighted by Crippen LogP contribution is 2.33. The molecular weight excluding hydrogens is 414 g/mol. The van der Waals surface area contributed by atoms with E-state index in [9.17, 15) is 9.59 Å². The molecule has 0 unspecified atom stereocenters. The second-order valence-corrected chi connectivity index (χ2v) is 9.41. The molecule has 33 heavy (non-hydrogen) atoms. The molecule has 6 heteroatoms. The minimum absolute atomic E-state index is 0.111. The Morgan fingerprint density at radius 1 is 1.15 bits per heavy atom. The highest BCUT2D eigenvalue weighted by molar-refractivity contribution is 6.03. The maximum Gasteiger partial charge on any atom is 0.271 e. The molecule has 6 nitrogen and oxygen atoms in total. The molecule has 1 N–H and O–H groups in total. The summed E-state index contributed by atoms with van der Waals surface area (Å²) in [4.78, 5) is 29.0. The Kier molecular flexibility index (Phi) is 6.45. The van der Waals surface area contributed by atoms with Crippen molar-refractivity contribution >= 4 is 22.7 Å². The van der Waals surface area contributed by atoms with E-state index in [-0.39, 0.29) is 11.8 Å². The quantitative estimate of drug-likeness (QED) is 0.561. The SMILES string of the molecule is COc1ccccc1CCN1C(=O)c2cc3ccccc3n2C[C@@]1(C)C(=O)NCCC(C)C. The van der Waals surface area contributed by atoms with Gasteiger partial charge in [0.25, 0.3) is 5.91 Å². The first-order valence-electron chi connectivity index (χ1n) is 11.7. The van der Waals surface area contributed by atoms with Crippen molar-refractivity contribution < 1.29 is 14.3 Å². The van der Waals surface area contributed by atoms with Crippen molar-refractivity contribution in [2.24, 2.45) is 5.92 Å². The number of hydrogen-bond donors (Lipinski definition) is 1. The van der Waals surface area contributed by atoms with Crippen LogP contribution in [-0.2, 0) is 17.8 Å². The van der Waals surface area contributed by atoms with Crippen LogP contribution >= 0.6 is 0 Å². The molecule has 1 aliphatic heterocycles. The van der Waals surface area contributed by atoms with Gasteiger partial charge < -0.3 is 19.5 Å². The summed E-state index contributed by atoms with van der Waals surface area (Å²) in [6, 6.07) is 17.7. The molecule has 0 aliphatic carbocycles. The second kappa shape index (κ2) is 9.30. The Hall–Kier alpha value is -3.28.